The number of nitrogen functional groups attached to an aromatic ring is 1. The molecule has 3 rings (SSSR count). The average Bonchev–Trinajstić information content (AvgIpc) is 2.80. The Balaban J connectivity index is 2.16. The van der Waals surface area contributed by atoms with Gasteiger partial charge in [0.1, 0.15) is 11.6 Å². The van der Waals surface area contributed by atoms with Gasteiger partial charge in [0, 0.05) is 17.7 Å². The number of hydrogen-bond acceptors (Lipinski definition) is 4. The van der Waals surface area contributed by atoms with Crippen molar-refractivity contribution >= 4 is 11.5 Å². The van der Waals surface area contributed by atoms with Crippen LogP contribution in [-0.4, -0.2) is 21.7 Å². The van der Waals surface area contributed by atoms with Crippen LogP contribution in [-0.2, 0) is 0 Å². The summed E-state index contributed by atoms with van der Waals surface area (Å²) in [5.74, 6) is 1.16. The van der Waals surface area contributed by atoms with Crippen molar-refractivity contribution in [3.8, 4) is 17.0 Å². The number of aromatic nitrogens is 3. The first-order chi connectivity index (χ1) is 9.17. The Morgan fingerprint density at radius 2 is 2.00 bits per heavy atom. The molecule has 0 aliphatic heterocycles. The molecule has 6 heteroatoms. The van der Waals surface area contributed by atoms with Gasteiger partial charge in [0.25, 0.3) is 5.56 Å². The summed E-state index contributed by atoms with van der Waals surface area (Å²) in [7, 11) is 1.61. The fraction of sp³-hybridized carbons (Fsp3) is 0.0769. The lowest BCUT2D eigenvalue weighted by Gasteiger charge is -2.03. The van der Waals surface area contributed by atoms with Crippen molar-refractivity contribution in [1.29, 1.82) is 0 Å². The molecule has 0 saturated carbocycles. The Hall–Kier alpha value is -2.76. The quantitative estimate of drug-likeness (QED) is 0.723. The summed E-state index contributed by atoms with van der Waals surface area (Å²) in [5, 5.41) is 2.72. The van der Waals surface area contributed by atoms with E-state index < -0.39 is 0 Å². The number of aromatic amines is 1. The van der Waals surface area contributed by atoms with Gasteiger partial charge in [-0.3, -0.25) is 9.89 Å². The third kappa shape index (κ3) is 1.93. The van der Waals surface area contributed by atoms with Crippen molar-refractivity contribution in [2.45, 2.75) is 0 Å². The van der Waals surface area contributed by atoms with E-state index in [1.807, 2.05) is 24.3 Å². The van der Waals surface area contributed by atoms with Crippen LogP contribution in [0.15, 0.2) is 41.2 Å². The molecule has 6 nitrogen and oxygen atoms in total. The third-order valence-corrected chi connectivity index (χ3v) is 2.86. The SMILES string of the molecule is COc1ccc(-c2cc(=O)n3[nH]c(N)cc3n2)cc1. The van der Waals surface area contributed by atoms with E-state index in [0.29, 0.717) is 17.2 Å². The van der Waals surface area contributed by atoms with Gasteiger partial charge in [0.15, 0.2) is 5.65 Å². The second kappa shape index (κ2) is 4.16. The molecular formula is C13H12N4O2. The van der Waals surface area contributed by atoms with Crippen LogP contribution in [0.25, 0.3) is 16.9 Å². The predicted octanol–water partition coefficient (Wildman–Crippen LogP) is 1.28. The van der Waals surface area contributed by atoms with Gasteiger partial charge in [-0.15, -0.1) is 0 Å². The largest absolute Gasteiger partial charge is 0.497 e. The number of hydrogen-bond donors (Lipinski definition) is 2. The minimum atomic E-state index is -0.201. The van der Waals surface area contributed by atoms with Crippen LogP contribution >= 0.6 is 0 Å². The van der Waals surface area contributed by atoms with Gasteiger partial charge in [-0.25, -0.2) is 4.98 Å². The lowest BCUT2D eigenvalue weighted by Crippen LogP contribution is -2.14. The summed E-state index contributed by atoms with van der Waals surface area (Å²) < 4.78 is 6.40. The Bertz CT molecular complexity index is 787. The smallest absolute Gasteiger partial charge is 0.273 e. The Kier molecular flexibility index (Phi) is 2.49. The standard InChI is InChI=1S/C13H12N4O2/c1-19-9-4-2-8(3-5-9)10-6-13(18)17-12(15-10)7-11(14)16-17/h2-7,16H,14H2,1H3. The van der Waals surface area contributed by atoms with Crippen LogP contribution in [0.1, 0.15) is 0 Å². The number of rotatable bonds is 2. The lowest BCUT2D eigenvalue weighted by molar-refractivity contribution is 0.415. The summed E-state index contributed by atoms with van der Waals surface area (Å²) in [5.41, 5.74) is 7.36. The monoisotopic (exact) mass is 256 g/mol. The maximum Gasteiger partial charge on any atom is 0.273 e. The minimum Gasteiger partial charge on any atom is -0.497 e. The summed E-state index contributed by atoms with van der Waals surface area (Å²) in [6.45, 7) is 0. The molecule has 0 unspecified atom stereocenters. The molecule has 3 aromatic rings. The Morgan fingerprint density at radius 1 is 1.26 bits per heavy atom. The molecule has 0 saturated heterocycles. The number of nitrogens with two attached hydrogens (primary N) is 1. The number of benzene rings is 1. The van der Waals surface area contributed by atoms with E-state index in [1.54, 1.807) is 13.2 Å². The maximum atomic E-state index is 11.9. The number of nitrogens with zero attached hydrogens (tertiary/aromatic N) is 2. The highest BCUT2D eigenvalue weighted by Gasteiger charge is 2.06. The van der Waals surface area contributed by atoms with Gasteiger partial charge < -0.3 is 10.5 Å². The third-order valence-electron chi connectivity index (χ3n) is 2.86. The number of nitrogens with one attached hydrogen (secondary N) is 1. The number of methoxy groups -OCH3 is 1. The minimum absolute atomic E-state index is 0.201. The zero-order chi connectivity index (χ0) is 13.4. The molecular weight excluding hydrogens is 244 g/mol. The van der Waals surface area contributed by atoms with E-state index in [0.717, 1.165) is 11.3 Å². The van der Waals surface area contributed by atoms with Crippen molar-refractivity contribution in [3.63, 3.8) is 0 Å². The first-order valence-corrected chi connectivity index (χ1v) is 5.70. The number of anilines is 1. The number of ether oxygens (including phenoxy) is 1. The van der Waals surface area contributed by atoms with Crippen LogP contribution in [0.3, 0.4) is 0 Å². The molecule has 0 atom stereocenters. The zero-order valence-electron chi connectivity index (χ0n) is 10.3. The van der Waals surface area contributed by atoms with Crippen LogP contribution in [0.4, 0.5) is 5.82 Å². The zero-order valence-corrected chi connectivity index (χ0v) is 10.3. The topological polar surface area (TPSA) is 85.4 Å². The first-order valence-electron chi connectivity index (χ1n) is 5.70. The second-order valence-corrected chi connectivity index (χ2v) is 4.11. The first kappa shape index (κ1) is 11.3. The summed E-state index contributed by atoms with van der Waals surface area (Å²) in [4.78, 5) is 16.3. The maximum absolute atomic E-state index is 11.9. The number of H-pyrrole nitrogens is 1. The van der Waals surface area contributed by atoms with E-state index in [2.05, 4.69) is 10.1 Å². The van der Waals surface area contributed by atoms with Crippen molar-refractivity contribution in [2.24, 2.45) is 0 Å². The van der Waals surface area contributed by atoms with Gasteiger partial charge in [0.2, 0.25) is 0 Å². The highest BCUT2D eigenvalue weighted by atomic mass is 16.5. The summed E-state index contributed by atoms with van der Waals surface area (Å²) in [6.07, 6.45) is 0. The Labute approximate surface area is 108 Å². The molecule has 0 aliphatic rings. The van der Waals surface area contributed by atoms with Gasteiger partial charge in [0.05, 0.1) is 12.8 Å². The molecule has 2 heterocycles. The lowest BCUT2D eigenvalue weighted by atomic mass is 10.1. The molecule has 0 bridgehead atoms. The molecule has 96 valence electrons. The molecule has 1 aromatic carbocycles. The summed E-state index contributed by atoms with van der Waals surface area (Å²) >= 11 is 0. The van der Waals surface area contributed by atoms with Gasteiger partial charge in [-0.05, 0) is 24.3 Å². The van der Waals surface area contributed by atoms with Crippen LogP contribution in [0, 0.1) is 0 Å². The second-order valence-electron chi connectivity index (χ2n) is 4.11. The van der Waals surface area contributed by atoms with E-state index in [4.69, 9.17) is 10.5 Å². The van der Waals surface area contributed by atoms with Crippen molar-refractivity contribution < 1.29 is 4.74 Å². The van der Waals surface area contributed by atoms with Gasteiger partial charge in [-0.1, -0.05) is 0 Å². The molecule has 3 N–H and O–H groups in total. The highest BCUT2D eigenvalue weighted by molar-refractivity contribution is 5.63. The fourth-order valence-electron chi connectivity index (χ4n) is 1.92. The van der Waals surface area contributed by atoms with Gasteiger partial charge in [-0.2, -0.15) is 4.52 Å². The van der Waals surface area contributed by atoms with Crippen molar-refractivity contribution in [1.82, 2.24) is 14.6 Å². The summed E-state index contributed by atoms with van der Waals surface area (Å²) in [6, 6.07) is 10.4. The molecule has 2 aromatic heterocycles. The Morgan fingerprint density at radius 3 is 2.68 bits per heavy atom. The van der Waals surface area contributed by atoms with Crippen molar-refractivity contribution in [3.05, 3.63) is 46.8 Å². The normalized spacial score (nSPS) is 10.8. The molecule has 19 heavy (non-hydrogen) atoms. The van der Waals surface area contributed by atoms with E-state index >= 15 is 0 Å². The van der Waals surface area contributed by atoms with Crippen LogP contribution in [0.2, 0.25) is 0 Å². The highest BCUT2D eigenvalue weighted by Crippen LogP contribution is 2.20. The molecule has 0 amide bonds. The van der Waals surface area contributed by atoms with Crippen LogP contribution in [0.5, 0.6) is 5.75 Å². The van der Waals surface area contributed by atoms with E-state index in [1.165, 1.54) is 10.6 Å². The van der Waals surface area contributed by atoms with Gasteiger partial charge >= 0.3 is 0 Å². The van der Waals surface area contributed by atoms with E-state index in [9.17, 15) is 4.79 Å². The molecule has 0 aliphatic carbocycles. The molecule has 0 spiro atoms. The molecule has 0 radical (unpaired) electrons. The van der Waals surface area contributed by atoms with Crippen LogP contribution < -0.4 is 16.0 Å². The average molecular weight is 256 g/mol. The van der Waals surface area contributed by atoms with Crippen molar-refractivity contribution in [2.75, 3.05) is 12.8 Å². The van der Waals surface area contributed by atoms with E-state index in [-0.39, 0.29) is 5.56 Å². The predicted molar refractivity (Wildman–Crippen MR) is 72.2 cm³/mol. The fourth-order valence-corrected chi connectivity index (χ4v) is 1.92. The number of fused-ring (bicyclic) bond motifs is 1. The molecule has 0 fully saturated rings.